The predicted molar refractivity (Wildman–Crippen MR) is 143 cm³/mol. The largest absolute Gasteiger partial charge is 0.490 e. The summed E-state index contributed by atoms with van der Waals surface area (Å²) in [5.74, 6) is -3.48. The molecule has 0 saturated carbocycles. The number of morpholine rings is 1. The minimum absolute atomic E-state index is 0.0266. The van der Waals surface area contributed by atoms with Crippen LogP contribution in [0, 0.1) is 21.7 Å². The van der Waals surface area contributed by atoms with Gasteiger partial charge in [0.25, 0.3) is 5.69 Å². The van der Waals surface area contributed by atoms with Gasteiger partial charge in [0.1, 0.15) is 17.7 Å². The number of ether oxygens (including phenoxy) is 1. The van der Waals surface area contributed by atoms with Crippen LogP contribution in [0.4, 0.5) is 39.4 Å². The van der Waals surface area contributed by atoms with E-state index in [4.69, 9.17) is 19.6 Å². The van der Waals surface area contributed by atoms with E-state index in [0.29, 0.717) is 66.3 Å². The maximum atomic E-state index is 14.1. The van der Waals surface area contributed by atoms with E-state index in [9.17, 15) is 32.1 Å². The number of aromatic nitrogens is 6. The maximum Gasteiger partial charge on any atom is 0.490 e. The Morgan fingerprint density at radius 1 is 1.07 bits per heavy atom. The van der Waals surface area contributed by atoms with E-state index < -0.39 is 28.7 Å². The van der Waals surface area contributed by atoms with Crippen LogP contribution in [0.3, 0.4) is 0 Å². The first-order valence-corrected chi connectivity index (χ1v) is 12.6. The Kier molecular flexibility index (Phi) is 8.21. The summed E-state index contributed by atoms with van der Waals surface area (Å²) in [5.41, 5.74) is 1.86. The molecular weight excluding hydrogens is 601 g/mol. The minimum Gasteiger partial charge on any atom is -0.475 e. The summed E-state index contributed by atoms with van der Waals surface area (Å²) in [5, 5.41) is 21.4. The van der Waals surface area contributed by atoms with Gasteiger partial charge in [-0.15, -0.1) is 0 Å². The van der Waals surface area contributed by atoms with Gasteiger partial charge in [0.05, 0.1) is 30.2 Å². The van der Waals surface area contributed by atoms with Crippen LogP contribution in [-0.2, 0) is 16.1 Å². The Morgan fingerprint density at radius 3 is 2.39 bits per heavy atom. The zero-order chi connectivity index (χ0) is 31.6. The normalized spacial score (nSPS) is 13.5. The van der Waals surface area contributed by atoms with Gasteiger partial charge in [-0.25, -0.2) is 23.5 Å². The number of non-ortho nitro benzene ring substituents is 1. The van der Waals surface area contributed by atoms with E-state index in [0.717, 1.165) is 6.07 Å². The number of halogens is 5. The Morgan fingerprint density at radius 2 is 1.75 bits per heavy atom. The zero-order valence-corrected chi connectivity index (χ0v) is 22.2. The molecule has 44 heavy (non-hydrogen) atoms. The monoisotopic (exact) mass is 621 g/mol. The molecule has 14 nitrogen and oxygen atoms in total. The third kappa shape index (κ3) is 6.31. The summed E-state index contributed by atoms with van der Waals surface area (Å²) in [7, 11) is 0. The van der Waals surface area contributed by atoms with Crippen molar-refractivity contribution < 1.29 is 41.5 Å². The number of carboxylic acids is 1. The number of carboxylic acid groups (broad SMARTS) is 1. The van der Waals surface area contributed by atoms with E-state index in [-0.39, 0.29) is 17.7 Å². The smallest absolute Gasteiger partial charge is 0.475 e. The first kappa shape index (κ1) is 30.0. The summed E-state index contributed by atoms with van der Waals surface area (Å²) in [6.07, 6.45) is -3.52. The second kappa shape index (κ2) is 12.0. The fraction of sp³-hybridized carbons (Fsp3) is 0.240. The average Bonchev–Trinajstić information content (AvgIpc) is 3.63. The number of hydrogen-bond acceptors (Lipinski definition) is 10. The quantitative estimate of drug-likeness (QED) is 0.142. The highest BCUT2D eigenvalue weighted by Crippen LogP contribution is 2.27. The number of anilines is 2. The fourth-order valence-corrected chi connectivity index (χ4v) is 4.16. The number of nitro benzene ring substituents is 1. The number of aromatic amines is 1. The van der Waals surface area contributed by atoms with Gasteiger partial charge in [0.15, 0.2) is 28.6 Å². The number of benzene rings is 2. The number of nitrogens with zero attached hydrogens (tertiary/aromatic N) is 7. The van der Waals surface area contributed by atoms with Crippen molar-refractivity contribution in [1.82, 2.24) is 29.5 Å². The van der Waals surface area contributed by atoms with E-state index >= 15 is 0 Å². The Balaban J connectivity index is 0.000000493. The molecule has 3 N–H and O–H groups in total. The second-order valence-electron chi connectivity index (χ2n) is 9.13. The molecule has 4 heterocycles. The van der Waals surface area contributed by atoms with Crippen LogP contribution in [0.15, 0.2) is 42.7 Å². The Labute approximate surface area is 242 Å². The molecule has 0 atom stereocenters. The molecule has 1 aliphatic rings. The van der Waals surface area contributed by atoms with Crippen molar-refractivity contribution >= 4 is 45.6 Å². The molecule has 1 saturated heterocycles. The Hall–Kier alpha value is -5.46. The highest BCUT2D eigenvalue weighted by Gasteiger charge is 2.38. The predicted octanol–water partition coefficient (Wildman–Crippen LogP) is 3.96. The summed E-state index contributed by atoms with van der Waals surface area (Å²) in [6, 6.07) is 8.52. The summed E-state index contributed by atoms with van der Waals surface area (Å²) in [6.45, 7) is 2.41. The molecule has 0 aliphatic carbocycles. The molecule has 0 spiro atoms. The van der Waals surface area contributed by atoms with Crippen molar-refractivity contribution in [3.8, 4) is 5.69 Å². The summed E-state index contributed by atoms with van der Waals surface area (Å²) in [4.78, 5) is 42.5. The summed E-state index contributed by atoms with van der Waals surface area (Å²) >= 11 is 0. The Bertz CT molecular complexity index is 1840. The lowest BCUT2D eigenvalue weighted by Gasteiger charge is -2.27. The number of hydrogen-bond donors (Lipinski definition) is 3. The highest BCUT2D eigenvalue weighted by molar-refractivity contribution is 5.85. The van der Waals surface area contributed by atoms with Gasteiger partial charge < -0.3 is 25.0 Å². The molecule has 19 heteroatoms. The minimum atomic E-state index is -5.08. The van der Waals surface area contributed by atoms with Crippen LogP contribution >= 0.6 is 0 Å². The van der Waals surface area contributed by atoms with Gasteiger partial charge in [-0.3, -0.25) is 14.7 Å². The highest BCUT2D eigenvalue weighted by atomic mass is 19.4. The van der Waals surface area contributed by atoms with Gasteiger partial charge in [-0.1, -0.05) is 0 Å². The SMILES string of the molecule is O=C(O)C(F)(F)F.O=[N+]([O-])c1ccc(-n2cnc3c(NCc4nc5c(F)c(F)ccc5[nH]4)nc(N4CCOCC4)nc32)cc1. The molecule has 1 aliphatic heterocycles. The van der Waals surface area contributed by atoms with Crippen LogP contribution in [-0.4, -0.2) is 78.0 Å². The average molecular weight is 621 g/mol. The van der Waals surface area contributed by atoms with Crippen LogP contribution < -0.4 is 10.2 Å². The van der Waals surface area contributed by atoms with Crippen LogP contribution in [0.1, 0.15) is 5.82 Å². The zero-order valence-electron chi connectivity index (χ0n) is 22.2. The fourth-order valence-electron chi connectivity index (χ4n) is 4.16. The molecule has 3 aromatic heterocycles. The number of carbonyl (C=O) groups is 1. The van der Waals surface area contributed by atoms with Crippen molar-refractivity contribution in [3.05, 3.63) is 70.3 Å². The molecule has 5 aromatic rings. The van der Waals surface area contributed by atoms with Gasteiger partial charge in [0, 0.05) is 30.9 Å². The number of rotatable bonds is 6. The van der Waals surface area contributed by atoms with Crippen molar-refractivity contribution in [2.75, 3.05) is 36.5 Å². The number of imidazole rings is 2. The topological polar surface area (TPSA) is 177 Å². The van der Waals surface area contributed by atoms with Gasteiger partial charge >= 0.3 is 12.1 Å². The number of nitrogens with one attached hydrogen (secondary N) is 2. The molecular formula is C25H20F5N9O5. The van der Waals surface area contributed by atoms with Gasteiger partial charge in [-0.2, -0.15) is 23.1 Å². The molecule has 0 radical (unpaired) electrons. The molecule has 0 unspecified atom stereocenters. The van der Waals surface area contributed by atoms with Crippen molar-refractivity contribution in [2.45, 2.75) is 12.7 Å². The molecule has 230 valence electrons. The first-order valence-electron chi connectivity index (χ1n) is 12.6. The van der Waals surface area contributed by atoms with Crippen molar-refractivity contribution in [3.63, 3.8) is 0 Å². The van der Waals surface area contributed by atoms with E-state index in [1.807, 2.05) is 4.90 Å². The third-order valence-corrected chi connectivity index (χ3v) is 6.28. The number of alkyl halides is 3. The van der Waals surface area contributed by atoms with E-state index in [1.165, 1.54) is 18.2 Å². The van der Waals surface area contributed by atoms with Crippen LogP contribution in [0.2, 0.25) is 0 Å². The number of aliphatic carboxylic acids is 1. The number of nitro groups is 1. The standard InChI is InChI=1S/C23H19F2N9O3.C2HF3O2/c24-15-5-6-16-19(18(15)25)29-17(28-16)11-26-21-20-22(31-23(30-21)32-7-9-37-10-8-32)33(12-27-20)13-1-3-14(4-2-13)34(35)36;3-2(4,5)1(6)7/h1-6,12H,7-11H2,(H,28,29)(H,26,30,31);(H,6,7). The van der Waals surface area contributed by atoms with Crippen molar-refractivity contribution in [1.29, 1.82) is 0 Å². The number of H-pyrrole nitrogens is 1. The van der Waals surface area contributed by atoms with E-state index in [1.54, 1.807) is 23.0 Å². The lowest BCUT2D eigenvalue weighted by atomic mass is 10.3. The summed E-state index contributed by atoms with van der Waals surface area (Å²) < 4.78 is 66.6. The van der Waals surface area contributed by atoms with Crippen LogP contribution in [0.5, 0.6) is 0 Å². The molecule has 6 rings (SSSR count). The van der Waals surface area contributed by atoms with Gasteiger partial charge in [0.2, 0.25) is 5.95 Å². The van der Waals surface area contributed by atoms with Crippen LogP contribution in [0.25, 0.3) is 27.9 Å². The maximum absolute atomic E-state index is 14.1. The lowest BCUT2D eigenvalue weighted by Crippen LogP contribution is -2.37. The molecule has 0 amide bonds. The van der Waals surface area contributed by atoms with Crippen molar-refractivity contribution in [2.24, 2.45) is 0 Å². The lowest BCUT2D eigenvalue weighted by molar-refractivity contribution is -0.384. The molecule has 2 aromatic carbocycles. The van der Waals surface area contributed by atoms with E-state index in [2.05, 4.69) is 25.3 Å². The van der Waals surface area contributed by atoms with Gasteiger partial charge in [-0.05, 0) is 24.3 Å². The molecule has 0 bridgehead atoms. The molecule has 1 fully saturated rings. The number of fused-ring (bicyclic) bond motifs is 2. The first-order chi connectivity index (χ1) is 20.9. The third-order valence-electron chi connectivity index (χ3n) is 6.28. The second-order valence-corrected chi connectivity index (χ2v) is 9.13.